The fraction of sp³-hybridized carbons (Fsp3) is 0.938. The molecule has 0 bridgehead atoms. The van der Waals surface area contributed by atoms with Gasteiger partial charge in [0, 0.05) is 18.1 Å². The average molecular weight is 282 g/mol. The van der Waals surface area contributed by atoms with Crippen molar-refractivity contribution in [3.05, 3.63) is 0 Å². The van der Waals surface area contributed by atoms with Crippen molar-refractivity contribution in [3.63, 3.8) is 0 Å². The first-order valence-electron chi connectivity index (χ1n) is 7.95. The van der Waals surface area contributed by atoms with Crippen LogP contribution in [0.25, 0.3) is 0 Å². The molecule has 20 heavy (non-hydrogen) atoms. The molecule has 4 nitrogen and oxygen atoms in total. The lowest BCUT2D eigenvalue weighted by molar-refractivity contribution is 0.0496. The fourth-order valence-corrected chi connectivity index (χ4v) is 2.94. The molecule has 0 aromatic carbocycles. The molecule has 2 saturated carbocycles. The van der Waals surface area contributed by atoms with Crippen molar-refractivity contribution in [3.8, 4) is 0 Å². The highest BCUT2D eigenvalue weighted by Gasteiger charge is 2.44. The van der Waals surface area contributed by atoms with Gasteiger partial charge in [0.2, 0.25) is 0 Å². The van der Waals surface area contributed by atoms with Gasteiger partial charge in [-0.1, -0.05) is 6.92 Å². The van der Waals surface area contributed by atoms with Crippen LogP contribution < -0.4 is 10.6 Å². The lowest BCUT2D eigenvalue weighted by atomic mass is 9.99. The first-order chi connectivity index (χ1) is 9.20. The Kier molecular flexibility index (Phi) is 4.33. The van der Waals surface area contributed by atoms with Crippen molar-refractivity contribution >= 4 is 6.09 Å². The number of amides is 1. The molecule has 2 aliphatic rings. The fourth-order valence-electron chi connectivity index (χ4n) is 2.94. The van der Waals surface area contributed by atoms with Gasteiger partial charge < -0.3 is 15.4 Å². The largest absolute Gasteiger partial charge is 0.444 e. The number of ether oxygens (including phenoxy) is 1. The third kappa shape index (κ3) is 4.11. The number of hydrogen-bond donors (Lipinski definition) is 2. The first kappa shape index (κ1) is 15.6. The second-order valence-electron chi connectivity index (χ2n) is 7.83. The number of carbonyl (C=O) groups excluding carboxylic acids is 1. The van der Waals surface area contributed by atoms with Crippen molar-refractivity contribution in [1.29, 1.82) is 0 Å². The van der Waals surface area contributed by atoms with Crippen molar-refractivity contribution < 1.29 is 9.53 Å². The Bertz CT molecular complexity index is 358. The van der Waals surface area contributed by atoms with Crippen molar-refractivity contribution in [2.45, 2.75) is 90.4 Å². The Hall–Kier alpha value is -0.770. The van der Waals surface area contributed by atoms with Gasteiger partial charge in [-0.05, 0) is 65.2 Å². The standard InChI is InChI=1S/C16H30N2O2/c1-11(16(5)9-10-16)17-12-7-6-8-13(12)18-14(19)20-15(2,3)4/h11-13,17H,6-10H2,1-5H3,(H,18,19). The molecule has 0 aliphatic heterocycles. The first-order valence-corrected chi connectivity index (χ1v) is 7.95. The van der Waals surface area contributed by atoms with E-state index in [2.05, 4.69) is 24.5 Å². The van der Waals surface area contributed by atoms with E-state index in [-0.39, 0.29) is 12.1 Å². The minimum Gasteiger partial charge on any atom is -0.444 e. The summed E-state index contributed by atoms with van der Waals surface area (Å²) in [5, 5.41) is 6.77. The van der Waals surface area contributed by atoms with Crippen LogP contribution in [0, 0.1) is 5.41 Å². The zero-order chi connectivity index (χ0) is 15.0. The minimum absolute atomic E-state index is 0.203. The van der Waals surface area contributed by atoms with E-state index < -0.39 is 5.60 Å². The number of nitrogens with one attached hydrogen (secondary N) is 2. The SMILES string of the molecule is CC(NC1CCCC1NC(=O)OC(C)(C)C)C1(C)CC1. The summed E-state index contributed by atoms with van der Waals surface area (Å²) in [6.45, 7) is 10.3. The molecule has 1 amide bonds. The zero-order valence-electron chi connectivity index (χ0n) is 13.6. The van der Waals surface area contributed by atoms with Crippen LogP contribution in [0.1, 0.15) is 66.7 Å². The van der Waals surface area contributed by atoms with Crippen LogP contribution in [0.5, 0.6) is 0 Å². The molecule has 2 rings (SSSR count). The molecule has 4 heteroatoms. The number of carbonyl (C=O) groups is 1. The molecule has 0 spiro atoms. The summed E-state index contributed by atoms with van der Waals surface area (Å²) in [6.07, 6.45) is 5.69. The number of alkyl carbamates (subject to hydrolysis) is 1. The Morgan fingerprint density at radius 3 is 2.40 bits per heavy atom. The van der Waals surface area contributed by atoms with Gasteiger partial charge >= 0.3 is 6.09 Å². The Labute approximate surface area is 123 Å². The molecule has 2 N–H and O–H groups in total. The third-order valence-corrected chi connectivity index (χ3v) is 4.77. The Balaban J connectivity index is 1.83. The van der Waals surface area contributed by atoms with Gasteiger partial charge in [0.1, 0.15) is 5.60 Å². The Morgan fingerprint density at radius 1 is 1.25 bits per heavy atom. The van der Waals surface area contributed by atoms with E-state index in [1.165, 1.54) is 19.3 Å². The highest BCUT2D eigenvalue weighted by atomic mass is 16.6. The monoisotopic (exact) mass is 282 g/mol. The van der Waals surface area contributed by atoms with Gasteiger partial charge in [-0.15, -0.1) is 0 Å². The molecular weight excluding hydrogens is 252 g/mol. The van der Waals surface area contributed by atoms with E-state index >= 15 is 0 Å². The van der Waals surface area contributed by atoms with E-state index in [0.717, 1.165) is 12.8 Å². The molecule has 3 unspecified atom stereocenters. The third-order valence-electron chi connectivity index (χ3n) is 4.77. The summed E-state index contributed by atoms with van der Waals surface area (Å²) in [7, 11) is 0. The molecule has 0 aromatic rings. The molecule has 0 heterocycles. The highest BCUT2D eigenvalue weighted by Crippen LogP contribution is 2.48. The van der Waals surface area contributed by atoms with Gasteiger partial charge in [0.05, 0.1) is 0 Å². The van der Waals surface area contributed by atoms with Gasteiger partial charge in [-0.3, -0.25) is 0 Å². The summed E-state index contributed by atoms with van der Waals surface area (Å²) in [5.74, 6) is 0. The topological polar surface area (TPSA) is 50.4 Å². The number of rotatable bonds is 4. The van der Waals surface area contributed by atoms with Crippen molar-refractivity contribution in [2.75, 3.05) is 0 Å². The van der Waals surface area contributed by atoms with Crippen molar-refractivity contribution in [2.24, 2.45) is 5.41 Å². The Morgan fingerprint density at radius 2 is 1.85 bits per heavy atom. The zero-order valence-corrected chi connectivity index (χ0v) is 13.6. The van der Waals surface area contributed by atoms with E-state index in [1.54, 1.807) is 0 Å². The van der Waals surface area contributed by atoms with Gasteiger partial charge in [0.15, 0.2) is 0 Å². The maximum atomic E-state index is 11.9. The summed E-state index contributed by atoms with van der Waals surface area (Å²) in [4.78, 5) is 11.9. The summed E-state index contributed by atoms with van der Waals surface area (Å²) >= 11 is 0. The second kappa shape index (κ2) is 5.55. The second-order valence-corrected chi connectivity index (χ2v) is 7.83. The molecule has 0 radical (unpaired) electrons. The molecule has 0 aromatic heterocycles. The van der Waals surface area contributed by atoms with E-state index in [0.29, 0.717) is 17.5 Å². The maximum Gasteiger partial charge on any atom is 0.407 e. The smallest absolute Gasteiger partial charge is 0.407 e. The van der Waals surface area contributed by atoms with Gasteiger partial charge in [-0.25, -0.2) is 4.79 Å². The molecule has 2 aliphatic carbocycles. The molecule has 0 saturated heterocycles. The summed E-state index contributed by atoms with van der Waals surface area (Å²) in [6, 6.07) is 1.11. The highest BCUT2D eigenvalue weighted by molar-refractivity contribution is 5.68. The lowest BCUT2D eigenvalue weighted by Crippen LogP contribution is -2.51. The van der Waals surface area contributed by atoms with Crippen LogP contribution in [0.2, 0.25) is 0 Å². The average Bonchev–Trinajstić information content (AvgIpc) is 2.90. The van der Waals surface area contributed by atoms with Crippen LogP contribution >= 0.6 is 0 Å². The number of hydrogen-bond acceptors (Lipinski definition) is 3. The maximum absolute atomic E-state index is 11.9. The summed E-state index contributed by atoms with van der Waals surface area (Å²) < 4.78 is 5.35. The van der Waals surface area contributed by atoms with Crippen LogP contribution in [-0.4, -0.2) is 29.8 Å². The van der Waals surface area contributed by atoms with E-state index in [4.69, 9.17) is 4.74 Å². The lowest BCUT2D eigenvalue weighted by Gasteiger charge is -2.29. The van der Waals surface area contributed by atoms with Crippen molar-refractivity contribution in [1.82, 2.24) is 10.6 Å². The predicted molar refractivity (Wildman–Crippen MR) is 80.7 cm³/mol. The quantitative estimate of drug-likeness (QED) is 0.832. The van der Waals surface area contributed by atoms with Crippen LogP contribution in [0.4, 0.5) is 4.79 Å². The van der Waals surface area contributed by atoms with E-state index in [9.17, 15) is 4.79 Å². The van der Waals surface area contributed by atoms with Crippen LogP contribution in [0.3, 0.4) is 0 Å². The van der Waals surface area contributed by atoms with Gasteiger partial charge in [0.25, 0.3) is 0 Å². The van der Waals surface area contributed by atoms with E-state index in [1.807, 2.05) is 20.8 Å². The van der Waals surface area contributed by atoms with Crippen LogP contribution in [0.15, 0.2) is 0 Å². The molecule has 2 fully saturated rings. The molecular formula is C16H30N2O2. The summed E-state index contributed by atoms with van der Waals surface area (Å²) in [5.41, 5.74) is 0.0411. The normalized spacial score (nSPS) is 29.9. The minimum atomic E-state index is -0.430. The van der Waals surface area contributed by atoms with Gasteiger partial charge in [-0.2, -0.15) is 0 Å². The van der Waals surface area contributed by atoms with Crippen LogP contribution in [-0.2, 0) is 4.74 Å². The predicted octanol–water partition coefficient (Wildman–Crippen LogP) is 3.21. The molecule has 3 atom stereocenters. The molecule has 116 valence electrons.